The van der Waals surface area contributed by atoms with Crippen LogP contribution in [-0.2, 0) is 10.8 Å². The molecule has 0 saturated heterocycles. The Morgan fingerprint density at radius 1 is 0.574 bits per heavy atom. The summed E-state index contributed by atoms with van der Waals surface area (Å²) in [5, 5.41) is 0. The summed E-state index contributed by atoms with van der Waals surface area (Å²) in [6, 6.07) is 41.3. The van der Waals surface area contributed by atoms with E-state index in [0.717, 1.165) is 40.7 Å². The second-order valence-electron chi connectivity index (χ2n) is 13.0. The number of benzene rings is 5. The van der Waals surface area contributed by atoms with E-state index in [1.165, 1.54) is 22.3 Å². The zero-order valence-corrected chi connectivity index (χ0v) is 31.0. The first-order valence-electron chi connectivity index (χ1n) is 16.3. The second kappa shape index (κ2) is 14.9. The Morgan fingerprint density at radius 2 is 0.957 bits per heavy atom. The van der Waals surface area contributed by atoms with E-state index in [0.29, 0.717) is 0 Å². The van der Waals surface area contributed by atoms with Crippen LogP contribution < -0.4 is 18.6 Å². The van der Waals surface area contributed by atoms with Gasteiger partial charge in [0.25, 0.3) is 0 Å². The van der Waals surface area contributed by atoms with E-state index in [2.05, 4.69) is 120 Å². The fraction of sp³-hybridized carbons (Fsp3) is 0.220. The van der Waals surface area contributed by atoms with Crippen LogP contribution in [0.2, 0.25) is 13.1 Å². The van der Waals surface area contributed by atoms with Gasteiger partial charge in [-0.15, -0.1) is 12.3 Å². The van der Waals surface area contributed by atoms with Crippen LogP contribution in [0.15, 0.2) is 134 Å². The Balaban J connectivity index is 1.20. The zero-order valence-electron chi connectivity index (χ0n) is 28.5. The van der Waals surface area contributed by atoms with E-state index in [1.54, 1.807) is 0 Å². The highest BCUT2D eigenvalue weighted by Gasteiger charge is 2.24. The average Bonchev–Trinajstić information content (AvgIpc) is 3.08. The Kier molecular flexibility index (Phi) is 10.7. The fourth-order valence-corrected chi connectivity index (χ4v) is 6.60. The summed E-state index contributed by atoms with van der Waals surface area (Å²) >= 11 is 0. The van der Waals surface area contributed by atoms with E-state index < -0.39 is 18.6 Å². The van der Waals surface area contributed by atoms with Crippen molar-refractivity contribution in [3.63, 3.8) is 0 Å². The maximum atomic E-state index is 6.23. The van der Waals surface area contributed by atoms with E-state index in [4.69, 9.17) is 18.6 Å². The van der Waals surface area contributed by atoms with Crippen molar-refractivity contribution < 1.29 is 18.6 Å². The Labute approximate surface area is 284 Å². The van der Waals surface area contributed by atoms with Crippen molar-refractivity contribution in [1.82, 2.24) is 0 Å². The van der Waals surface area contributed by atoms with Gasteiger partial charge < -0.3 is 18.6 Å². The molecule has 1 atom stereocenters. The van der Waals surface area contributed by atoms with Gasteiger partial charge in [0.1, 0.15) is 43.3 Å². The van der Waals surface area contributed by atoms with Crippen LogP contribution in [0, 0.1) is 0 Å². The van der Waals surface area contributed by atoms with Gasteiger partial charge >= 0.3 is 0 Å². The van der Waals surface area contributed by atoms with Crippen molar-refractivity contribution in [2.24, 2.45) is 0 Å². The number of hydrogen-bond acceptors (Lipinski definition) is 4. The molecule has 0 spiro atoms. The lowest BCUT2D eigenvalue weighted by atomic mass is 9.78. The maximum Gasteiger partial charge on any atom is 0.216 e. The first-order valence-corrected chi connectivity index (χ1v) is 21.0. The third-order valence-electron chi connectivity index (χ3n) is 8.81. The molecule has 242 valence electrons. The molecule has 5 rings (SSSR count). The molecule has 0 aliphatic carbocycles. The smallest absolute Gasteiger partial charge is 0.216 e. The molecule has 0 saturated carbocycles. The second-order valence-corrected chi connectivity index (χ2v) is 16.6. The summed E-state index contributed by atoms with van der Waals surface area (Å²) in [5.74, 6) is 4.84. The first kappa shape index (κ1) is 33.8. The quantitative estimate of drug-likeness (QED) is 0.111. The van der Waals surface area contributed by atoms with Gasteiger partial charge in [-0.05, 0) is 89.5 Å². The first-order chi connectivity index (χ1) is 22.6. The highest BCUT2D eigenvalue weighted by Crippen LogP contribution is 2.36. The molecule has 5 aromatic carbocycles. The molecule has 0 amide bonds. The van der Waals surface area contributed by atoms with Crippen molar-refractivity contribution >= 4 is 18.6 Å². The monoisotopic (exact) mass is 658 g/mol. The van der Waals surface area contributed by atoms with Gasteiger partial charge in [-0.25, -0.2) is 0 Å². The van der Waals surface area contributed by atoms with Crippen molar-refractivity contribution in [1.29, 1.82) is 0 Å². The van der Waals surface area contributed by atoms with Crippen LogP contribution in [0.25, 0.3) is 0 Å². The zero-order chi connectivity index (χ0) is 33.4. The molecule has 0 radical (unpaired) electrons. The molecule has 1 unspecified atom stereocenters. The lowest BCUT2D eigenvalue weighted by molar-refractivity contribution is 0.382. The molecule has 6 heteroatoms. The molecule has 0 aromatic heterocycles. The van der Waals surface area contributed by atoms with Crippen LogP contribution in [0.5, 0.6) is 34.5 Å². The molecule has 4 nitrogen and oxygen atoms in total. The summed E-state index contributed by atoms with van der Waals surface area (Å²) in [6.45, 7) is 17.2. The van der Waals surface area contributed by atoms with Gasteiger partial charge in [-0.2, -0.15) is 0 Å². The van der Waals surface area contributed by atoms with Crippen molar-refractivity contribution in [2.75, 3.05) is 6.23 Å². The van der Waals surface area contributed by atoms with E-state index >= 15 is 0 Å². The standard InChI is InChI=1S/C41H46O4Si2/c1-8-47(7)29-42-34-20-12-30(13-21-34)40(2,3)31-14-22-35(23-15-31)43-38-10-9-11-39(28-38)44-36-24-16-32(17-25-36)41(4,5)33-18-26-37(27-19-33)45-46-6/h8-28,47H,1,29,46H2,2-7H3. The van der Waals surface area contributed by atoms with Gasteiger partial charge in [0.15, 0.2) is 0 Å². The summed E-state index contributed by atoms with van der Waals surface area (Å²) in [4.78, 5) is 0. The van der Waals surface area contributed by atoms with Crippen LogP contribution in [0.1, 0.15) is 49.9 Å². The minimum Gasteiger partial charge on any atom is -0.550 e. The third kappa shape index (κ3) is 8.45. The molecular formula is C41H46O4Si2. The van der Waals surface area contributed by atoms with Gasteiger partial charge in [0.2, 0.25) is 9.76 Å². The number of hydrogen-bond donors (Lipinski definition) is 0. The minimum atomic E-state index is -0.995. The Morgan fingerprint density at radius 3 is 1.34 bits per heavy atom. The van der Waals surface area contributed by atoms with Crippen molar-refractivity contribution in [2.45, 2.75) is 51.6 Å². The topological polar surface area (TPSA) is 36.9 Å². The summed E-state index contributed by atoms with van der Waals surface area (Å²) < 4.78 is 24.2. The van der Waals surface area contributed by atoms with Gasteiger partial charge in [0.05, 0.1) is 6.23 Å². The van der Waals surface area contributed by atoms with Gasteiger partial charge in [-0.3, -0.25) is 0 Å². The number of rotatable bonds is 14. The number of ether oxygens (including phenoxy) is 3. The highest BCUT2D eigenvalue weighted by molar-refractivity contribution is 6.62. The largest absolute Gasteiger partial charge is 0.550 e. The normalized spacial score (nSPS) is 12.5. The van der Waals surface area contributed by atoms with Crippen LogP contribution in [0.4, 0.5) is 0 Å². The van der Waals surface area contributed by atoms with E-state index in [1.807, 2.05) is 54.2 Å². The third-order valence-corrected chi connectivity index (χ3v) is 10.9. The summed E-state index contributed by atoms with van der Waals surface area (Å²) in [7, 11) is -1.47. The Hall–Kier alpha value is -4.53. The fourth-order valence-electron chi connectivity index (χ4n) is 5.48. The molecule has 0 N–H and O–H groups in total. The van der Waals surface area contributed by atoms with Crippen molar-refractivity contribution in [3.05, 3.63) is 156 Å². The predicted octanol–water partition coefficient (Wildman–Crippen LogP) is 9.93. The lowest BCUT2D eigenvalue weighted by Crippen LogP contribution is -2.19. The van der Waals surface area contributed by atoms with Crippen LogP contribution >= 0.6 is 0 Å². The predicted molar refractivity (Wildman–Crippen MR) is 200 cm³/mol. The summed E-state index contributed by atoms with van der Waals surface area (Å²) in [5.41, 5.74) is 6.62. The lowest BCUT2D eigenvalue weighted by Gasteiger charge is -2.26. The molecule has 47 heavy (non-hydrogen) atoms. The molecule has 5 aromatic rings. The Bertz CT molecular complexity index is 1740. The van der Waals surface area contributed by atoms with Crippen molar-refractivity contribution in [3.8, 4) is 34.5 Å². The highest BCUT2D eigenvalue weighted by atomic mass is 28.3. The van der Waals surface area contributed by atoms with Gasteiger partial charge in [0, 0.05) is 16.9 Å². The van der Waals surface area contributed by atoms with E-state index in [-0.39, 0.29) is 10.8 Å². The SMILES string of the molecule is C=C[SiH](C)COc1ccc(C(C)(C)c2ccc(Oc3cccc(Oc4ccc(C(C)(C)c5ccc(O[SiH2]C)cc5)cc4)c3)cc2)cc1. The molecular weight excluding hydrogens is 613 g/mol. The van der Waals surface area contributed by atoms with Crippen LogP contribution in [0.3, 0.4) is 0 Å². The molecule has 0 aliphatic rings. The van der Waals surface area contributed by atoms with Crippen LogP contribution in [-0.4, -0.2) is 24.8 Å². The minimum absolute atomic E-state index is 0.149. The molecule has 0 heterocycles. The maximum absolute atomic E-state index is 6.23. The summed E-state index contributed by atoms with van der Waals surface area (Å²) in [6.07, 6.45) is 0.765. The molecule has 0 bridgehead atoms. The van der Waals surface area contributed by atoms with E-state index in [9.17, 15) is 0 Å². The van der Waals surface area contributed by atoms with Gasteiger partial charge in [-0.1, -0.05) is 88.8 Å². The molecule has 0 aliphatic heterocycles. The average molecular weight is 659 g/mol. The molecule has 0 fully saturated rings.